The third kappa shape index (κ3) is 3.39. The number of carboxylic acids is 1. The lowest BCUT2D eigenvalue weighted by molar-refractivity contribution is -0.136. The van der Waals surface area contributed by atoms with Gasteiger partial charge in [-0.25, -0.2) is 0 Å². The SMILES string of the molecule is O=C(O)CCc1cc(CBr)cc(Cl)c1O. The van der Waals surface area contributed by atoms with Gasteiger partial charge in [0.05, 0.1) is 5.02 Å². The predicted octanol–water partition coefficient (Wildman–Crippen LogP) is 2.96. The van der Waals surface area contributed by atoms with Crippen LogP contribution in [-0.4, -0.2) is 16.2 Å². The molecule has 0 bridgehead atoms. The zero-order valence-electron chi connectivity index (χ0n) is 7.83. The van der Waals surface area contributed by atoms with E-state index in [2.05, 4.69) is 15.9 Å². The molecule has 0 radical (unpaired) electrons. The molecule has 1 aromatic rings. The Morgan fingerprint density at radius 3 is 2.67 bits per heavy atom. The van der Waals surface area contributed by atoms with E-state index in [1.165, 1.54) is 0 Å². The molecule has 1 aromatic carbocycles. The molecule has 5 heteroatoms. The largest absolute Gasteiger partial charge is 0.506 e. The number of aromatic hydroxyl groups is 1. The van der Waals surface area contributed by atoms with Crippen LogP contribution in [0, 0.1) is 0 Å². The first-order valence-corrected chi connectivity index (χ1v) is 5.82. The summed E-state index contributed by atoms with van der Waals surface area (Å²) in [5.74, 6) is -0.919. The normalized spacial score (nSPS) is 10.3. The monoisotopic (exact) mass is 292 g/mol. The molecule has 0 aromatic heterocycles. The van der Waals surface area contributed by atoms with Crippen LogP contribution < -0.4 is 0 Å². The lowest BCUT2D eigenvalue weighted by Crippen LogP contribution is -1.98. The molecule has 0 aliphatic heterocycles. The van der Waals surface area contributed by atoms with Crippen LogP contribution >= 0.6 is 27.5 Å². The Kier molecular flexibility index (Phi) is 4.42. The maximum atomic E-state index is 10.4. The summed E-state index contributed by atoms with van der Waals surface area (Å²) in [5.41, 5.74) is 1.48. The molecule has 1 rings (SSSR count). The van der Waals surface area contributed by atoms with Crippen molar-refractivity contribution in [1.82, 2.24) is 0 Å². The zero-order valence-corrected chi connectivity index (χ0v) is 10.2. The minimum atomic E-state index is -0.894. The molecule has 2 N–H and O–H groups in total. The molecule has 82 valence electrons. The number of aryl methyl sites for hydroxylation is 1. The Balaban J connectivity index is 2.94. The molecular formula is C10H10BrClO3. The Hall–Kier alpha value is -0.740. The summed E-state index contributed by atoms with van der Waals surface area (Å²) in [5, 5.41) is 19.0. The van der Waals surface area contributed by atoms with E-state index in [4.69, 9.17) is 16.7 Å². The lowest BCUT2D eigenvalue weighted by Gasteiger charge is -2.07. The van der Waals surface area contributed by atoms with Gasteiger partial charge in [-0.2, -0.15) is 0 Å². The van der Waals surface area contributed by atoms with Crippen LogP contribution in [0.5, 0.6) is 5.75 Å². The van der Waals surface area contributed by atoms with Gasteiger partial charge in [-0.3, -0.25) is 4.79 Å². The van der Waals surface area contributed by atoms with Gasteiger partial charge < -0.3 is 10.2 Å². The standard InChI is InChI=1S/C10H10BrClO3/c11-5-6-3-7(1-2-9(13)14)10(15)8(12)4-6/h3-4,15H,1-2,5H2,(H,13,14). The molecule has 0 saturated heterocycles. The highest BCUT2D eigenvalue weighted by molar-refractivity contribution is 9.08. The number of halogens is 2. The van der Waals surface area contributed by atoms with Gasteiger partial charge in [-0.15, -0.1) is 0 Å². The van der Waals surface area contributed by atoms with Gasteiger partial charge >= 0.3 is 5.97 Å². The molecule has 0 aliphatic rings. The average molecular weight is 294 g/mol. The first kappa shape index (κ1) is 12.3. The van der Waals surface area contributed by atoms with E-state index in [9.17, 15) is 9.90 Å². The van der Waals surface area contributed by atoms with E-state index < -0.39 is 5.97 Å². The van der Waals surface area contributed by atoms with Crippen molar-refractivity contribution in [2.45, 2.75) is 18.2 Å². The van der Waals surface area contributed by atoms with E-state index in [1.807, 2.05) is 0 Å². The van der Waals surface area contributed by atoms with Crippen LogP contribution in [0.25, 0.3) is 0 Å². The number of alkyl halides is 1. The van der Waals surface area contributed by atoms with Gasteiger partial charge in [0, 0.05) is 11.8 Å². The van der Waals surface area contributed by atoms with Crippen molar-refractivity contribution in [3.63, 3.8) is 0 Å². The number of rotatable bonds is 4. The van der Waals surface area contributed by atoms with Gasteiger partial charge in [-0.05, 0) is 23.6 Å². The Bertz CT molecular complexity index is 379. The third-order valence-electron chi connectivity index (χ3n) is 1.96. The van der Waals surface area contributed by atoms with Crippen molar-refractivity contribution in [2.75, 3.05) is 0 Å². The fourth-order valence-electron chi connectivity index (χ4n) is 1.23. The quantitative estimate of drug-likeness (QED) is 0.839. The van der Waals surface area contributed by atoms with Crippen LogP contribution in [0.2, 0.25) is 5.02 Å². The van der Waals surface area contributed by atoms with Crippen molar-refractivity contribution in [2.24, 2.45) is 0 Å². The topological polar surface area (TPSA) is 57.5 Å². The van der Waals surface area contributed by atoms with E-state index in [0.29, 0.717) is 10.9 Å². The van der Waals surface area contributed by atoms with Gasteiger partial charge in [-0.1, -0.05) is 33.6 Å². The third-order valence-corrected chi connectivity index (χ3v) is 2.90. The summed E-state index contributed by atoms with van der Waals surface area (Å²) in [7, 11) is 0. The van der Waals surface area contributed by atoms with E-state index in [-0.39, 0.29) is 23.6 Å². The maximum absolute atomic E-state index is 10.4. The lowest BCUT2D eigenvalue weighted by atomic mass is 10.1. The van der Waals surface area contributed by atoms with E-state index in [0.717, 1.165) is 5.56 Å². The molecule has 0 saturated carbocycles. The molecule has 0 atom stereocenters. The van der Waals surface area contributed by atoms with Crippen molar-refractivity contribution >= 4 is 33.5 Å². The van der Waals surface area contributed by atoms with Gasteiger partial charge in [0.1, 0.15) is 5.75 Å². The number of hydrogen-bond acceptors (Lipinski definition) is 2. The van der Waals surface area contributed by atoms with Crippen LogP contribution in [0.4, 0.5) is 0 Å². The van der Waals surface area contributed by atoms with Crippen LogP contribution in [-0.2, 0) is 16.5 Å². The van der Waals surface area contributed by atoms with Crippen LogP contribution in [0.15, 0.2) is 12.1 Å². The molecule has 0 unspecified atom stereocenters. The molecule has 0 aliphatic carbocycles. The molecule has 0 fully saturated rings. The molecule has 3 nitrogen and oxygen atoms in total. The summed E-state index contributed by atoms with van der Waals surface area (Å²) < 4.78 is 0. The predicted molar refractivity (Wildman–Crippen MR) is 61.7 cm³/mol. The summed E-state index contributed by atoms with van der Waals surface area (Å²) in [6.45, 7) is 0. The number of benzene rings is 1. The highest BCUT2D eigenvalue weighted by atomic mass is 79.9. The minimum Gasteiger partial charge on any atom is -0.506 e. The number of phenolic OH excluding ortho intramolecular Hbond substituents is 1. The smallest absolute Gasteiger partial charge is 0.303 e. The van der Waals surface area contributed by atoms with Crippen LogP contribution in [0.3, 0.4) is 0 Å². The molecule has 0 heterocycles. The number of carboxylic acid groups (broad SMARTS) is 1. The number of hydrogen-bond donors (Lipinski definition) is 2. The Morgan fingerprint density at radius 1 is 1.47 bits per heavy atom. The second-order valence-electron chi connectivity index (χ2n) is 3.11. The summed E-state index contributed by atoms with van der Waals surface area (Å²) in [6, 6.07) is 3.40. The molecule has 0 amide bonds. The van der Waals surface area contributed by atoms with Crippen molar-refractivity contribution in [3.05, 3.63) is 28.3 Å². The Morgan fingerprint density at radius 2 is 2.13 bits per heavy atom. The molecule has 0 spiro atoms. The number of carbonyl (C=O) groups is 1. The molecular weight excluding hydrogens is 283 g/mol. The minimum absolute atomic E-state index is 0.0182. The summed E-state index contributed by atoms with van der Waals surface area (Å²) in [6.07, 6.45) is 0.261. The maximum Gasteiger partial charge on any atom is 0.303 e. The first-order chi connectivity index (χ1) is 7.04. The number of aliphatic carboxylic acids is 1. The van der Waals surface area contributed by atoms with E-state index in [1.54, 1.807) is 12.1 Å². The number of phenols is 1. The molecule has 15 heavy (non-hydrogen) atoms. The highest BCUT2D eigenvalue weighted by Crippen LogP contribution is 2.30. The van der Waals surface area contributed by atoms with Crippen molar-refractivity contribution < 1.29 is 15.0 Å². The van der Waals surface area contributed by atoms with E-state index >= 15 is 0 Å². The fourth-order valence-corrected chi connectivity index (χ4v) is 1.81. The average Bonchev–Trinajstić information content (AvgIpc) is 2.19. The van der Waals surface area contributed by atoms with Crippen molar-refractivity contribution in [1.29, 1.82) is 0 Å². The second-order valence-corrected chi connectivity index (χ2v) is 4.08. The van der Waals surface area contributed by atoms with Crippen LogP contribution in [0.1, 0.15) is 17.5 Å². The zero-order chi connectivity index (χ0) is 11.4. The fraction of sp³-hybridized carbons (Fsp3) is 0.300. The van der Waals surface area contributed by atoms with Crippen molar-refractivity contribution in [3.8, 4) is 5.75 Å². The summed E-state index contributed by atoms with van der Waals surface area (Å²) in [4.78, 5) is 10.4. The first-order valence-electron chi connectivity index (χ1n) is 4.32. The summed E-state index contributed by atoms with van der Waals surface area (Å²) >= 11 is 9.07. The van der Waals surface area contributed by atoms with Gasteiger partial charge in [0.15, 0.2) is 0 Å². The highest BCUT2D eigenvalue weighted by Gasteiger charge is 2.09. The van der Waals surface area contributed by atoms with Gasteiger partial charge in [0.25, 0.3) is 0 Å². The second kappa shape index (κ2) is 5.37. The van der Waals surface area contributed by atoms with Gasteiger partial charge in [0.2, 0.25) is 0 Å². The Labute approximate surface area is 101 Å².